The second-order valence-corrected chi connectivity index (χ2v) is 6.12. The minimum Gasteiger partial charge on any atom is -0.385 e. The standard InChI is InChI=1S/C9H22N2O3S/c1-8(10)9(2,3)11-15(12,13)7-5-6-14-4/h8,11H,5-7,10H2,1-4H3. The summed E-state index contributed by atoms with van der Waals surface area (Å²) < 4.78 is 30.6. The van der Waals surface area contributed by atoms with E-state index in [1.54, 1.807) is 27.9 Å². The Morgan fingerprint density at radius 3 is 2.40 bits per heavy atom. The molecule has 0 bridgehead atoms. The molecule has 0 aromatic carbocycles. The highest BCUT2D eigenvalue weighted by Gasteiger charge is 2.27. The quantitative estimate of drug-likeness (QED) is 0.615. The third-order valence-corrected chi connectivity index (χ3v) is 3.98. The molecule has 0 amide bonds. The zero-order chi connectivity index (χ0) is 12.1. The van der Waals surface area contributed by atoms with Crippen LogP contribution in [0.2, 0.25) is 0 Å². The highest BCUT2D eigenvalue weighted by molar-refractivity contribution is 7.89. The molecule has 0 aliphatic rings. The summed E-state index contributed by atoms with van der Waals surface area (Å²) >= 11 is 0. The van der Waals surface area contributed by atoms with Gasteiger partial charge in [-0.25, -0.2) is 13.1 Å². The fraction of sp³-hybridized carbons (Fsp3) is 1.00. The van der Waals surface area contributed by atoms with Crippen molar-refractivity contribution in [3.8, 4) is 0 Å². The van der Waals surface area contributed by atoms with E-state index in [9.17, 15) is 8.42 Å². The van der Waals surface area contributed by atoms with E-state index in [0.29, 0.717) is 13.0 Å². The van der Waals surface area contributed by atoms with Crippen LogP contribution in [0.3, 0.4) is 0 Å². The van der Waals surface area contributed by atoms with E-state index in [2.05, 4.69) is 4.72 Å². The largest absolute Gasteiger partial charge is 0.385 e. The van der Waals surface area contributed by atoms with Gasteiger partial charge in [-0.3, -0.25) is 0 Å². The predicted octanol–water partition coefficient (Wildman–Crippen LogP) is 0.0681. The lowest BCUT2D eigenvalue weighted by molar-refractivity contribution is 0.199. The molecule has 0 spiro atoms. The molecule has 0 fully saturated rings. The van der Waals surface area contributed by atoms with Crippen LogP contribution in [0, 0.1) is 0 Å². The Kier molecular flexibility index (Phi) is 5.72. The molecule has 0 aliphatic carbocycles. The van der Waals surface area contributed by atoms with Crippen molar-refractivity contribution in [2.24, 2.45) is 5.73 Å². The van der Waals surface area contributed by atoms with E-state index in [0.717, 1.165) is 0 Å². The van der Waals surface area contributed by atoms with Crippen LogP contribution in [-0.4, -0.2) is 39.5 Å². The van der Waals surface area contributed by atoms with Crippen molar-refractivity contribution in [3.63, 3.8) is 0 Å². The number of hydrogen-bond acceptors (Lipinski definition) is 4. The van der Waals surface area contributed by atoms with Crippen molar-refractivity contribution in [2.75, 3.05) is 19.5 Å². The molecule has 1 unspecified atom stereocenters. The predicted molar refractivity (Wildman–Crippen MR) is 61.1 cm³/mol. The summed E-state index contributed by atoms with van der Waals surface area (Å²) in [7, 11) is -1.72. The number of nitrogens with two attached hydrogens (primary N) is 1. The number of methoxy groups -OCH3 is 1. The molecule has 0 aromatic heterocycles. The average molecular weight is 238 g/mol. The monoisotopic (exact) mass is 238 g/mol. The molecular weight excluding hydrogens is 216 g/mol. The van der Waals surface area contributed by atoms with Crippen LogP contribution in [0.4, 0.5) is 0 Å². The van der Waals surface area contributed by atoms with E-state index in [-0.39, 0.29) is 11.8 Å². The van der Waals surface area contributed by atoms with Crippen molar-refractivity contribution >= 4 is 10.0 Å². The van der Waals surface area contributed by atoms with Gasteiger partial charge < -0.3 is 10.5 Å². The first-order chi connectivity index (χ1) is 6.71. The van der Waals surface area contributed by atoms with E-state index in [4.69, 9.17) is 10.5 Å². The van der Waals surface area contributed by atoms with Crippen LogP contribution in [0.5, 0.6) is 0 Å². The first-order valence-electron chi connectivity index (χ1n) is 4.97. The zero-order valence-corrected chi connectivity index (χ0v) is 10.7. The fourth-order valence-electron chi connectivity index (χ4n) is 0.938. The van der Waals surface area contributed by atoms with Crippen LogP contribution in [0.25, 0.3) is 0 Å². The Labute approximate surface area is 92.4 Å². The number of hydrogen-bond donors (Lipinski definition) is 2. The highest BCUT2D eigenvalue weighted by Crippen LogP contribution is 2.08. The Morgan fingerprint density at radius 1 is 1.47 bits per heavy atom. The topological polar surface area (TPSA) is 81.4 Å². The van der Waals surface area contributed by atoms with Gasteiger partial charge in [-0.1, -0.05) is 0 Å². The van der Waals surface area contributed by atoms with Gasteiger partial charge in [0.1, 0.15) is 0 Å². The molecule has 0 rings (SSSR count). The van der Waals surface area contributed by atoms with Crippen LogP contribution in [0.1, 0.15) is 27.2 Å². The van der Waals surface area contributed by atoms with Crippen LogP contribution in [-0.2, 0) is 14.8 Å². The molecule has 3 N–H and O–H groups in total. The van der Waals surface area contributed by atoms with E-state index >= 15 is 0 Å². The minimum absolute atomic E-state index is 0.0665. The lowest BCUT2D eigenvalue weighted by Crippen LogP contribution is -2.54. The average Bonchev–Trinajstić information content (AvgIpc) is 2.01. The Morgan fingerprint density at radius 2 is 2.00 bits per heavy atom. The highest BCUT2D eigenvalue weighted by atomic mass is 32.2. The maximum atomic E-state index is 11.6. The van der Waals surface area contributed by atoms with Crippen molar-refractivity contribution in [2.45, 2.75) is 38.8 Å². The summed E-state index contributed by atoms with van der Waals surface area (Å²) in [5, 5.41) is 0. The SMILES string of the molecule is COCCCS(=O)(=O)NC(C)(C)C(C)N. The summed E-state index contributed by atoms with van der Waals surface area (Å²) in [6, 6.07) is -0.241. The molecule has 0 aliphatic heterocycles. The molecule has 1 atom stereocenters. The molecule has 15 heavy (non-hydrogen) atoms. The summed E-state index contributed by atoms with van der Waals surface area (Å²) in [6.07, 6.45) is 0.487. The Bertz CT molecular complexity index is 273. The van der Waals surface area contributed by atoms with Crippen molar-refractivity contribution in [1.82, 2.24) is 4.72 Å². The lowest BCUT2D eigenvalue weighted by Gasteiger charge is -2.29. The molecule has 5 nitrogen and oxygen atoms in total. The van der Waals surface area contributed by atoms with Crippen molar-refractivity contribution in [3.05, 3.63) is 0 Å². The smallest absolute Gasteiger partial charge is 0.212 e. The Hall–Kier alpha value is -0.170. The van der Waals surface area contributed by atoms with Gasteiger partial charge in [0.2, 0.25) is 10.0 Å². The number of nitrogens with one attached hydrogen (secondary N) is 1. The summed E-state index contributed by atoms with van der Waals surface area (Å²) in [5.74, 6) is 0.0665. The van der Waals surface area contributed by atoms with E-state index in [1.165, 1.54) is 0 Å². The molecule has 0 aromatic rings. The van der Waals surface area contributed by atoms with E-state index < -0.39 is 15.6 Å². The second kappa shape index (κ2) is 5.79. The molecule has 0 heterocycles. The van der Waals surface area contributed by atoms with Gasteiger partial charge in [0.15, 0.2) is 0 Å². The van der Waals surface area contributed by atoms with Crippen molar-refractivity contribution in [1.29, 1.82) is 0 Å². The van der Waals surface area contributed by atoms with Gasteiger partial charge in [-0.2, -0.15) is 0 Å². The maximum Gasteiger partial charge on any atom is 0.212 e. The zero-order valence-electron chi connectivity index (χ0n) is 9.91. The Balaban J connectivity index is 4.26. The molecule has 0 saturated heterocycles. The van der Waals surface area contributed by atoms with Gasteiger partial charge >= 0.3 is 0 Å². The molecule has 6 heteroatoms. The van der Waals surface area contributed by atoms with Gasteiger partial charge in [0.05, 0.1) is 5.75 Å². The third-order valence-electron chi connectivity index (χ3n) is 2.32. The van der Waals surface area contributed by atoms with Crippen LogP contribution < -0.4 is 10.5 Å². The summed E-state index contributed by atoms with van der Waals surface area (Å²) in [6.45, 7) is 5.76. The first-order valence-corrected chi connectivity index (χ1v) is 6.62. The van der Waals surface area contributed by atoms with Gasteiger partial charge in [0.25, 0.3) is 0 Å². The summed E-state index contributed by atoms with van der Waals surface area (Å²) in [4.78, 5) is 0. The second-order valence-electron chi connectivity index (χ2n) is 4.28. The fourth-order valence-corrected chi connectivity index (χ4v) is 2.53. The van der Waals surface area contributed by atoms with Crippen LogP contribution in [0.15, 0.2) is 0 Å². The molecule has 0 saturated carbocycles. The summed E-state index contributed by atoms with van der Waals surface area (Å²) in [5.41, 5.74) is 5.06. The molecular formula is C9H22N2O3S. The number of rotatable bonds is 7. The van der Waals surface area contributed by atoms with Gasteiger partial charge in [-0.15, -0.1) is 0 Å². The number of sulfonamides is 1. The van der Waals surface area contributed by atoms with E-state index in [1.807, 2.05) is 0 Å². The normalized spacial score (nSPS) is 15.3. The van der Waals surface area contributed by atoms with Gasteiger partial charge in [-0.05, 0) is 27.2 Å². The molecule has 0 radical (unpaired) electrons. The first kappa shape index (κ1) is 14.8. The van der Waals surface area contributed by atoms with Crippen molar-refractivity contribution < 1.29 is 13.2 Å². The third kappa shape index (κ3) is 6.09. The lowest BCUT2D eigenvalue weighted by atomic mass is 9.99. The minimum atomic E-state index is -3.27. The van der Waals surface area contributed by atoms with Gasteiger partial charge in [0, 0.05) is 25.3 Å². The number of ether oxygens (including phenoxy) is 1. The maximum absolute atomic E-state index is 11.6. The van der Waals surface area contributed by atoms with Crippen LogP contribution >= 0.6 is 0 Å². The molecule has 92 valence electrons.